The molecule has 0 aliphatic carbocycles. The Hall–Kier alpha value is -2.10. The summed E-state index contributed by atoms with van der Waals surface area (Å²) in [4.78, 5) is 8.36. The van der Waals surface area contributed by atoms with Crippen molar-refractivity contribution in [1.29, 1.82) is 0 Å². The summed E-state index contributed by atoms with van der Waals surface area (Å²) < 4.78 is 5.60. The van der Waals surface area contributed by atoms with Gasteiger partial charge in [-0.1, -0.05) is 13.3 Å². The van der Waals surface area contributed by atoms with E-state index in [2.05, 4.69) is 16.9 Å². The third kappa shape index (κ3) is 3.20. The molecule has 1 aromatic heterocycles. The van der Waals surface area contributed by atoms with Crippen molar-refractivity contribution < 1.29 is 4.74 Å². The van der Waals surface area contributed by atoms with Gasteiger partial charge in [0.1, 0.15) is 11.6 Å². The highest BCUT2D eigenvalue weighted by Crippen LogP contribution is 2.19. The number of benzene rings is 1. The standard InChI is InChI=1S/C14H17N3O/c1-2-3-10-18-12-6-4-11(5-7-12)14-16-9-8-13(15)17-14/h4-9H,2-3,10H2,1H3,(H2,15,16,17). The lowest BCUT2D eigenvalue weighted by Crippen LogP contribution is -1.97. The van der Waals surface area contributed by atoms with Crippen molar-refractivity contribution in [3.05, 3.63) is 36.5 Å². The fourth-order valence-corrected chi connectivity index (χ4v) is 1.55. The summed E-state index contributed by atoms with van der Waals surface area (Å²) in [5.74, 6) is 1.98. The van der Waals surface area contributed by atoms with Gasteiger partial charge in [0.2, 0.25) is 0 Å². The quantitative estimate of drug-likeness (QED) is 0.820. The van der Waals surface area contributed by atoms with Gasteiger partial charge >= 0.3 is 0 Å². The number of nitrogen functional groups attached to an aromatic ring is 1. The maximum atomic E-state index is 5.63. The number of hydrogen-bond acceptors (Lipinski definition) is 4. The second kappa shape index (κ2) is 6.00. The summed E-state index contributed by atoms with van der Waals surface area (Å²) in [6.45, 7) is 2.90. The molecule has 4 nitrogen and oxygen atoms in total. The molecule has 18 heavy (non-hydrogen) atoms. The molecule has 4 heteroatoms. The van der Waals surface area contributed by atoms with E-state index in [1.54, 1.807) is 12.3 Å². The van der Waals surface area contributed by atoms with Crippen LogP contribution in [0.1, 0.15) is 19.8 Å². The van der Waals surface area contributed by atoms with Crippen LogP contribution in [0.15, 0.2) is 36.5 Å². The van der Waals surface area contributed by atoms with E-state index in [0.717, 1.165) is 30.8 Å². The molecule has 2 N–H and O–H groups in total. The van der Waals surface area contributed by atoms with Gasteiger partial charge < -0.3 is 10.5 Å². The fraction of sp³-hybridized carbons (Fsp3) is 0.286. The first kappa shape index (κ1) is 12.4. The zero-order valence-corrected chi connectivity index (χ0v) is 10.5. The molecule has 0 aliphatic heterocycles. The fourth-order valence-electron chi connectivity index (χ4n) is 1.55. The Kier molecular flexibility index (Phi) is 4.12. The van der Waals surface area contributed by atoms with Crippen LogP contribution in [0.5, 0.6) is 5.75 Å². The molecular formula is C14H17N3O. The van der Waals surface area contributed by atoms with Crippen molar-refractivity contribution in [2.45, 2.75) is 19.8 Å². The second-order valence-electron chi connectivity index (χ2n) is 4.03. The van der Waals surface area contributed by atoms with Crippen molar-refractivity contribution in [3.63, 3.8) is 0 Å². The smallest absolute Gasteiger partial charge is 0.161 e. The van der Waals surface area contributed by atoms with Gasteiger partial charge in [0, 0.05) is 11.8 Å². The van der Waals surface area contributed by atoms with Gasteiger partial charge in [0.05, 0.1) is 6.61 Å². The number of nitrogens with two attached hydrogens (primary N) is 1. The summed E-state index contributed by atoms with van der Waals surface area (Å²) in [6, 6.07) is 9.41. The number of nitrogens with zero attached hydrogens (tertiary/aromatic N) is 2. The molecule has 0 spiro atoms. The zero-order valence-electron chi connectivity index (χ0n) is 10.5. The third-order valence-electron chi connectivity index (χ3n) is 2.56. The van der Waals surface area contributed by atoms with E-state index in [1.807, 2.05) is 24.3 Å². The summed E-state index contributed by atoms with van der Waals surface area (Å²) in [7, 11) is 0. The van der Waals surface area contributed by atoms with E-state index in [4.69, 9.17) is 10.5 Å². The third-order valence-corrected chi connectivity index (χ3v) is 2.56. The predicted molar refractivity (Wildman–Crippen MR) is 72.3 cm³/mol. The number of rotatable bonds is 5. The largest absolute Gasteiger partial charge is 0.494 e. The second-order valence-corrected chi connectivity index (χ2v) is 4.03. The minimum absolute atomic E-state index is 0.475. The van der Waals surface area contributed by atoms with Gasteiger partial charge in [-0.05, 0) is 36.8 Å². The Balaban J connectivity index is 2.07. The molecule has 2 rings (SSSR count). The van der Waals surface area contributed by atoms with Gasteiger partial charge in [0.25, 0.3) is 0 Å². The average molecular weight is 243 g/mol. The van der Waals surface area contributed by atoms with Crippen LogP contribution < -0.4 is 10.5 Å². The van der Waals surface area contributed by atoms with Crippen LogP contribution in [0.3, 0.4) is 0 Å². The lowest BCUT2D eigenvalue weighted by molar-refractivity contribution is 0.309. The van der Waals surface area contributed by atoms with Crippen molar-refractivity contribution >= 4 is 5.82 Å². The molecule has 94 valence electrons. The van der Waals surface area contributed by atoms with Crippen LogP contribution >= 0.6 is 0 Å². The van der Waals surface area contributed by atoms with Crippen LogP contribution in [0.4, 0.5) is 5.82 Å². The Bertz CT molecular complexity index is 497. The van der Waals surface area contributed by atoms with E-state index < -0.39 is 0 Å². The number of unbranched alkanes of at least 4 members (excludes halogenated alkanes) is 1. The van der Waals surface area contributed by atoms with E-state index >= 15 is 0 Å². The average Bonchev–Trinajstić information content (AvgIpc) is 2.40. The first-order chi connectivity index (χ1) is 8.79. The molecule has 1 aromatic carbocycles. The normalized spacial score (nSPS) is 10.3. The van der Waals surface area contributed by atoms with E-state index in [9.17, 15) is 0 Å². The summed E-state index contributed by atoms with van der Waals surface area (Å²) in [6.07, 6.45) is 3.86. The molecule has 0 amide bonds. The molecule has 2 aromatic rings. The number of hydrogen-bond donors (Lipinski definition) is 1. The van der Waals surface area contributed by atoms with Crippen LogP contribution in [0.2, 0.25) is 0 Å². The first-order valence-electron chi connectivity index (χ1n) is 6.11. The summed E-state index contributed by atoms with van der Waals surface area (Å²) >= 11 is 0. The van der Waals surface area contributed by atoms with E-state index in [1.165, 1.54) is 0 Å². The molecule has 0 fully saturated rings. The van der Waals surface area contributed by atoms with Crippen LogP contribution in [-0.4, -0.2) is 16.6 Å². The van der Waals surface area contributed by atoms with Gasteiger partial charge in [-0.3, -0.25) is 0 Å². The first-order valence-corrected chi connectivity index (χ1v) is 6.11. The van der Waals surface area contributed by atoms with E-state index in [0.29, 0.717) is 11.6 Å². The lowest BCUT2D eigenvalue weighted by Gasteiger charge is -2.06. The Morgan fingerprint density at radius 1 is 1.17 bits per heavy atom. The summed E-state index contributed by atoms with van der Waals surface area (Å²) in [5.41, 5.74) is 6.57. The molecule has 0 aliphatic rings. The van der Waals surface area contributed by atoms with E-state index in [-0.39, 0.29) is 0 Å². The number of anilines is 1. The maximum absolute atomic E-state index is 5.63. The van der Waals surface area contributed by atoms with Gasteiger partial charge in [-0.15, -0.1) is 0 Å². The molecular weight excluding hydrogens is 226 g/mol. The monoisotopic (exact) mass is 243 g/mol. The zero-order chi connectivity index (χ0) is 12.8. The topological polar surface area (TPSA) is 61.0 Å². The highest BCUT2D eigenvalue weighted by molar-refractivity contribution is 5.57. The molecule has 0 atom stereocenters. The molecule has 0 unspecified atom stereocenters. The molecule has 0 saturated heterocycles. The van der Waals surface area contributed by atoms with Crippen LogP contribution in [0, 0.1) is 0 Å². The lowest BCUT2D eigenvalue weighted by atomic mass is 10.2. The van der Waals surface area contributed by atoms with Crippen LogP contribution in [0.25, 0.3) is 11.4 Å². The van der Waals surface area contributed by atoms with Gasteiger partial charge in [0.15, 0.2) is 5.82 Å². The molecule has 0 bridgehead atoms. The Morgan fingerprint density at radius 3 is 2.61 bits per heavy atom. The van der Waals surface area contributed by atoms with Crippen molar-refractivity contribution in [2.75, 3.05) is 12.3 Å². The predicted octanol–water partition coefficient (Wildman–Crippen LogP) is 2.90. The van der Waals surface area contributed by atoms with Crippen molar-refractivity contribution in [2.24, 2.45) is 0 Å². The van der Waals surface area contributed by atoms with Crippen molar-refractivity contribution in [3.8, 4) is 17.1 Å². The molecule has 1 heterocycles. The Morgan fingerprint density at radius 2 is 1.94 bits per heavy atom. The van der Waals surface area contributed by atoms with Crippen molar-refractivity contribution in [1.82, 2.24) is 9.97 Å². The highest BCUT2D eigenvalue weighted by Gasteiger charge is 2.01. The van der Waals surface area contributed by atoms with Gasteiger partial charge in [-0.2, -0.15) is 0 Å². The van der Waals surface area contributed by atoms with Crippen LogP contribution in [-0.2, 0) is 0 Å². The maximum Gasteiger partial charge on any atom is 0.161 e. The van der Waals surface area contributed by atoms with Gasteiger partial charge in [-0.25, -0.2) is 9.97 Å². The minimum atomic E-state index is 0.475. The molecule has 0 radical (unpaired) electrons. The SMILES string of the molecule is CCCCOc1ccc(-c2nccc(N)n2)cc1. The highest BCUT2D eigenvalue weighted by atomic mass is 16.5. The number of ether oxygens (including phenoxy) is 1. The number of aromatic nitrogens is 2. The Labute approximate surface area is 107 Å². The summed E-state index contributed by atoms with van der Waals surface area (Å²) in [5, 5.41) is 0. The minimum Gasteiger partial charge on any atom is -0.494 e. The molecule has 0 saturated carbocycles.